The van der Waals surface area contributed by atoms with Gasteiger partial charge >= 0.3 is 0 Å². The second-order valence-corrected chi connectivity index (χ2v) is 5.84. The molecule has 0 saturated carbocycles. The number of ether oxygens (including phenoxy) is 2. The average Bonchev–Trinajstić information content (AvgIpc) is 3.07. The monoisotopic (exact) mass is 341 g/mol. The molecule has 0 bridgehead atoms. The van der Waals surface area contributed by atoms with Gasteiger partial charge in [0.1, 0.15) is 12.2 Å². The fraction of sp³-hybridized carbons (Fsp3) is 0.300. The van der Waals surface area contributed by atoms with Crippen molar-refractivity contribution in [1.82, 2.24) is 5.32 Å². The lowest BCUT2D eigenvalue weighted by molar-refractivity contribution is 0.196. The fourth-order valence-corrected chi connectivity index (χ4v) is 2.78. The van der Waals surface area contributed by atoms with E-state index in [1.165, 1.54) is 0 Å². The average molecular weight is 341 g/mol. The summed E-state index contributed by atoms with van der Waals surface area (Å²) in [6.45, 7) is 3.03. The zero-order chi connectivity index (χ0) is 17.6. The first kappa shape index (κ1) is 17.3. The molecule has 25 heavy (non-hydrogen) atoms. The molecule has 1 unspecified atom stereocenters. The Hall–Kier alpha value is -2.50. The molecular weight excluding hydrogens is 318 g/mol. The molecule has 1 atom stereocenters. The van der Waals surface area contributed by atoms with Gasteiger partial charge in [-0.2, -0.15) is 0 Å². The Bertz CT molecular complexity index is 827. The molecule has 132 valence electrons. The molecule has 5 nitrogen and oxygen atoms in total. The molecule has 2 aromatic carbocycles. The molecule has 0 amide bonds. The molecule has 0 saturated heterocycles. The van der Waals surface area contributed by atoms with Crippen molar-refractivity contribution in [2.45, 2.75) is 19.5 Å². The highest BCUT2D eigenvalue weighted by atomic mass is 16.5. The maximum atomic E-state index is 8.89. The van der Waals surface area contributed by atoms with Gasteiger partial charge < -0.3 is 24.3 Å². The molecule has 0 aliphatic carbocycles. The summed E-state index contributed by atoms with van der Waals surface area (Å²) in [6.07, 6.45) is 1.80. The molecule has 0 radical (unpaired) electrons. The number of aliphatic hydroxyl groups excluding tert-OH is 1. The number of para-hydroxylation sites is 1. The Balaban J connectivity index is 1.69. The standard InChI is InChI=1S/C20H23NO4/c1-14(15-7-8-19(24-10-9-22)20(11-15)23-2)21-12-16-13-25-18-6-4-3-5-17(16)18/h3-8,11,13-14,21-22H,9-10,12H2,1-2H3. The first-order valence-corrected chi connectivity index (χ1v) is 8.33. The van der Waals surface area contributed by atoms with Crippen LogP contribution in [-0.4, -0.2) is 25.4 Å². The van der Waals surface area contributed by atoms with E-state index >= 15 is 0 Å². The predicted octanol–water partition coefficient (Wildman–Crippen LogP) is 3.66. The maximum Gasteiger partial charge on any atom is 0.161 e. The molecule has 1 aromatic heterocycles. The van der Waals surface area contributed by atoms with Crippen LogP contribution >= 0.6 is 0 Å². The Morgan fingerprint density at radius 1 is 1.16 bits per heavy atom. The van der Waals surface area contributed by atoms with Crippen LogP contribution in [0.4, 0.5) is 0 Å². The number of methoxy groups -OCH3 is 1. The molecule has 0 spiro atoms. The Kier molecular flexibility index (Phi) is 5.58. The number of hydrogen-bond donors (Lipinski definition) is 2. The van der Waals surface area contributed by atoms with Crippen LogP contribution in [0.25, 0.3) is 11.0 Å². The number of furan rings is 1. The second-order valence-electron chi connectivity index (χ2n) is 5.84. The van der Waals surface area contributed by atoms with E-state index in [2.05, 4.69) is 18.3 Å². The summed E-state index contributed by atoms with van der Waals surface area (Å²) in [5.41, 5.74) is 3.14. The zero-order valence-corrected chi connectivity index (χ0v) is 14.5. The van der Waals surface area contributed by atoms with E-state index in [9.17, 15) is 0 Å². The lowest BCUT2D eigenvalue weighted by Gasteiger charge is -2.17. The van der Waals surface area contributed by atoms with Crippen LogP contribution in [0, 0.1) is 0 Å². The highest BCUT2D eigenvalue weighted by Crippen LogP contribution is 2.30. The number of aliphatic hydroxyl groups is 1. The largest absolute Gasteiger partial charge is 0.493 e. The van der Waals surface area contributed by atoms with Crippen LogP contribution in [0.3, 0.4) is 0 Å². The molecule has 3 rings (SSSR count). The quantitative estimate of drug-likeness (QED) is 0.655. The van der Waals surface area contributed by atoms with E-state index in [0.29, 0.717) is 18.0 Å². The van der Waals surface area contributed by atoms with Crippen LogP contribution in [0.2, 0.25) is 0 Å². The van der Waals surface area contributed by atoms with Crippen molar-refractivity contribution in [1.29, 1.82) is 0 Å². The number of nitrogens with one attached hydrogen (secondary N) is 1. The first-order chi connectivity index (χ1) is 12.2. The van der Waals surface area contributed by atoms with Crippen LogP contribution < -0.4 is 14.8 Å². The van der Waals surface area contributed by atoms with Gasteiger partial charge in [0.25, 0.3) is 0 Å². The highest BCUT2D eigenvalue weighted by Gasteiger charge is 2.12. The van der Waals surface area contributed by atoms with Crippen molar-refractivity contribution in [2.75, 3.05) is 20.3 Å². The Morgan fingerprint density at radius 3 is 2.80 bits per heavy atom. The van der Waals surface area contributed by atoms with Crippen LogP contribution in [0.1, 0.15) is 24.1 Å². The number of fused-ring (bicyclic) bond motifs is 1. The SMILES string of the molecule is COc1cc(C(C)NCc2coc3ccccc23)ccc1OCCO. The third kappa shape index (κ3) is 3.95. The molecular formula is C20H23NO4. The Morgan fingerprint density at radius 2 is 2.00 bits per heavy atom. The van der Waals surface area contributed by atoms with Crippen molar-refractivity contribution in [3.05, 3.63) is 59.9 Å². The summed E-state index contributed by atoms with van der Waals surface area (Å²) in [7, 11) is 1.61. The van der Waals surface area contributed by atoms with Gasteiger partial charge in [0.2, 0.25) is 0 Å². The van der Waals surface area contributed by atoms with E-state index in [1.807, 2.05) is 36.4 Å². The van der Waals surface area contributed by atoms with Gasteiger partial charge in [0.05, 0.1) is 20.0 Å². The van der Waals surface area contributed by atoms with Crippen molar-refractivity contribution >= 4 is 11.0 Å². The van der Waals surface area contributed by atoms with Gasteiger partial charge in [-0.15, -0.1) is 0 Å². The summed E-state index contributed by atoms with van der Waals surface area (Å²) in [5, 5.41) is 13.5. The fourth-order valence-electron chi connectivity index (χ4n) is 2.78. The molecule has 0 aliphatic heterocycles. The lowest BCUT2D eigenvalue weighted by Crippen LogP contribution is -2.18. The van der Waals surface area contributed by atoms with Crippen molar-refractivity contribution in [3.8, 4) is 11.5 Å². The van der Waals surface area contributed by atoms with E-state index in [0.717, 1.165) is 22.1 Å². The van der Waals surface area contributed by atoms with Crippen LogP contribution in [-0.2, 0) is 6.54 Å². The minimum atomic E-state index is -0.0263. The summed E-state index contributed by atoms with van der Waals surface area (Å²) >= 11 is 0. The van der Waals surface area contributed by atoms with Gasteiger partial charge in [0, 0.05) is 23.5 Å². The van der Waals surface area contributed by atoms with E-state index in [4.69, 9.17) is 19.0 Å². The second kappa shape index (κ2) is 8.05. The highest BCUT2D eigenvalue weighted by molar-refractivity contribution is 5.80. The lowest BCUT2D eigenvalue weighted by atomic mass is 10.1. The summed E-state index contributed by atoms with van der Waals surface area (Å²) in [4.78, 5) is 0. The molecule has 5 heteroatoms. The minimum absolute atomic E-state index is 0.0263. The number of benzene rings is 2. The Labute approximate surface area is 147 Å². The summed E-state index contributed by atoms with van der Waals surface area (Å²) in [6, 6.07) is 14.0. The maximum absolute atomic E-state index is 8.89. The van der Waals surface area contributed by atoms with E-state index in [-0.39, 0.29) is 19.3 Å². The number of hydrogen-bond acceptors (Lipinski definition) is 5. The van der Waals surface area contributed by atoms with Crippen molar-refractivity contribution in [2.24, 2.45) is 0 Å². The van der Waals surface area contributed by atoms with E-state index in [1.54, 1.807) is 13.4 Å². The van der Waals surface area contributed by atoms with Crippen LogP contribution in [0.15, 0.2) is 53.1 Å². The van der Waals surface area contributed by atoms with Crippen molar-refractivity contribution in [3.63, 3.8) is 0 Å². The third-order valence-electron chi connectivity index (χ3n) is 4.20. The van der Waals surface area contributed by atoms with Gasteiger partial charge in [-0.05, 0) is 30.7 Å². The van der Waals surface area contributed by atoms with Crippen LogP contribution in [0.5, 0.6) is 11.5 Å². The topological polar surface area (TPSA) is 63.9 Å². The van der Waals surface area contributed by atoms with Gasteiger partial charge in [-0.3, -0.25) is 0 Å². The molecule has 2 N–H and O–H groups in total. The predicted molar refractivity (Wildman–Crippen MR) is 97.0 cm³/mol. The van der Waals surface area contributed by atoms with Gasteiger partial charge in [0.15, 0.2) is 11.5 Å². The zero-order valence-electron chi connectivity index (χ0n) is 14.5. The molecule has 0 aliphatic rings. The molecule has 3 aromatic rings. The normalized spacial score (nSPS) is 12.3. The smallest absolute Gasteiger partial charge is 0.161 e. The van der Waals surface area contributed by atoms with Gasteiger partial charge in [-0.25, -0.2) is 0 Å². The number of rotatable bonds is 8. The first-order valence-electron chi connectivity index (χ1n) is 8.33. The van der Waals surface area contributed by atoms with E-state index < -0.39 is 0 Å². The van der Waals surface area contributed by atoms with Gasteiger partial charge in [-0.1, -0.05) is 24.3 Å². The summed E-state index contributed by atoms with van der Waals surface area (Å²) in [5.74, 6) is 1.29. The molecule has 0 fully saturated rings. The summed E-state index contributed by atoms with van der Waals surface area (Å²) < 4.78 is 16.4. The molecule has 1 heterocycles. The third-order valence-corrected chi connectivity index (χ3v) is 4.20. The van der Waals surface area contributed by atoms with Crippen molar-refractivity contribution < 1.29 is 19.0 Å². The minimum Gasteiger partial charge on any atom is -0.493 e.